The average molecular weight is 409 g/mol. The van der Waals surface area contributed by atoms with Crippen LogP contribution in [0.5, 0.6) is 0 Å². The maximum atomic E-state index is 12.9. The van der Waals surface area contributed by atoms with E-state index >= 15 is 0 Å². The van der Waals surface area contributed by atoms with Crippen molar-refractivity contribution >= 4 is 34.7 Å². The lowest BCUT2D eigenvalue weighted by Gasteiger charge is -2.17. The van der Waals surface area contributed by atoms with E-state index in [2.05, 4.69) is 41.1 Å². The van der Waals surface area contributed by atoms with Gasteiger partial charge in [-0.3, -0.25) is 9.69 Å². The van der Waals surface area contributed by atoms with E-state index in [1.165, 1.54) is 17.3 Å². The summed E-state index contributed by atoms with van der Waals surface area (Å²) >= 11 is 1.52. The van der Waals surface area contributed by atoms with Crippen LogP contribution in [0.1, 0.15) is 36.5 Å². The van der Waals surface area contributed by atoms with Crippen molar-refractivity contribution in [1.82, 2.24) is 4.90 Å². The maximum Gasteiger partial charge on any atom is 0.242 e. The van der Waals surface area contributed by atoms with Crippen LogP contribution in [0.3, 0.4) is 0 Å². The molecular formula is C23H28N4OS. The van der Waals surface area contributed by atoms with Gasteiger partial charge in [0.2, 0.25) is 5.91 Å². The Morgan fingerprint density at radius 3 is 2.52 bits per heavy atom. The molecule has 1 aliphatic rings. The van der Waals surface area contributed by atoms with E-state index in [9.17, 15) is 4.79 Å². The van der Waals surface area contributed by atoms with E-state index in [0.717, 1.165) is 29.7 Å². The van der Waals surface area contributed by atoms with Crippen molar-refractivity contribution in [3.8, 4) is 0 Å². The molecular weight excluding hydrogens is 380 g/mol. The van der Waals surface area contributed by atoms with Crippen LogP contribution in [-0.4, -0.2) is 41.5 Å². The summed E-state index contributed by atoms with van der Waals surface area (Å²) in [6.45, 7) is 4.70. The molecule has 3 rings (SSSR count). The SMILES string of the molecule is CCC[C@H]1S/C(=N/N=C\c2ccc(N(C)C)cc2)N(Cc2ccccc2C)C1=O. The van der Waals surface area contributed by atoms with E-state index in [0.29, 0.717) is 11.7 Å². The summed E-state index contributed by atoms with van der Waals surface area (Å²) in [5.41, 5.74) is 4.42. The molecule has 1 amide bonds. The second kappa shape index (κ2) is 9.74. The van der Waals surface area contributed by atoms with Crippen LogP contribution in [0.15, 0.2) is 58.7 Å². The molecule has 0 spiro atoms. The van der Waals surface area contributed by atoms with Gasteiger partial charge in [-0.1, -0.05) is 61.5 Å². The number of nitrogens with zero attached hydrogens (tertiary/aromatic N) is 4. The number of thioether (sulfide) groups is 1. The number of hydrogen-bond acceptors (Lipinski definition) is 5. The fourth-order valence-corrected chi connectivity index (χ4v) is 4.35. The molecule has 2 aromatic rings. The van der Waals surface area contributed by atoms with Crippen molar-refractivity contribution in [3.05, 3.63) is 65.2 Å². The summed E-state index contributed by atoms with van der Waals surface area (Å²) in [4.78, 5) is 16.8. The van der Waals surface area contributed by atoms with Gasteiger partial charge in [0.05, 0.1) is 18.0 Å². The van der Waals surface area contributed by atoms with Crippen molar-refractivity contribution in [2.75, 3.05) is 19.0 Å². The van der Waals surface area contributed by atoms with E-state index in [4.69, 9.17) is 0 Å². The van der Waals surface area contributed by atoms with Crippen LogP contribution in [0, 0.1) is 6.92 Å². The number of aryl methyl sites for hydroxylation is 1. The highest BCUT2D eigenvalue weighted by atomic mass is 32.2. The monoisotopic (exact) mass is 408 g/mol. The summed E-state index contributed by atoms with van der Waals surface area (Å²) in [7, 11) is 4.03. The van der Waals surface area contributed by atoms with Gasteiger partial charge in [-0.2, -0.15) is 5.10 Å². The zero-order valence-corrected chi connectivity index (χ0v) is 18.3. The first-order valence-corrected chi connectivity index (χ1v) is 10.8. The van der Waals surface area contributed by atoms with Crippen molar-refractivity contribution in [2.45, 2.75) is 38.5 Å². The van der Waals surface area contributed by atoms with Crippen LogP contribution in [-0.2, 0) is 11.3 Å². The summed E-state index contributed by atoms with van der Waals surface area (Å²) in [6.07, 6.45) is 3.55. The third-order valence-electron chi connectivity index (χ3n) is 4.92. The van der Waals surface area contributed by atoms with Gasteiger partial charge in [-0.25, -0.2) is 0 Å². The standard InChI is InChI=1S/C23H28N4OS/c1-5-8-21-22(28)27(16-19-10-7-6-9-17(19)2)23(29-21)25-24-15-18-11-13-20(14-12-18)26(3)4/h6-7,9-15,21H,5,8,16H2,1-4H3/b24-15-,25-23+/t21-/m1/s1. The zero-order chi connectivity index (χ0) is 20.8. The summed E-state index contributed by atoms with van der Waals surface area (Å²) < 4.78 is 0. The number of amides is 1. The van der Waals surface area contributed by atoms with E-state index in [1.807, 2.05) is 50.5 Å². The second-order valence-corrected chi connectivity index (χ2v) is 8.53. The molecule has 29 heavy (non-hydrogen) atoms. The lowest BCUT2D eigenvalue weighted by molar-refractivity contribution is -0.126. The van der Waals surface area contributed by atoms with E-state index < -0.39 is 0 Å². The minimum absolute atomic E-state index is 0.0719. The molecule has 0 saturated carbocycles. The molecule has 1 saturated heterocycles. The molecule has 152 valence electrons. The van der Waals surface area contributed by atoms with Crippen LogP contribution in [0.4, 0.5) is 5.69 Å². The summed E-state index contributed by atoms with van der Waals surface area (Å²) in [6, 6.07) is 16.3. The summed E-state index contributed by atoms with van der Waals surface area (Å²) in [5.74, 6) is 0.129. The Bertz CT molecular complexity index is 905. The fraction of sp³-hybridized carbons (Fsp3) is 0.348. The molecule has 0 radical (unpaired) electrons. The van der Waals surface area contributed by atoms with Gasteiger partial charge in [-0.05, 0) is 42.2 Å². The third kappa shape index (κ3) is 5.26. The summed E-state index contributed by atoms with van der Waals surface area (Å²) in [5, 5.41) is 9.29. The Morgan fingerprint density at radius 2 is 1.86 bits per heavy atom. The highest BCUT2D eigenvalue weighted by molar-refractivity contribution is 8.15. The molecule has 6 heteroatoms. The first-order valence-electron chi connectivity index (χ1n) is 9.90. The minimum atomic E-state index is -0.0719. The van der Waals surface area contributed by atoms with Gasteiger partial charge in [0, 0.05) is 19.8 Å². The van der Waals surface area contributed by atoms with Crippen molar-refractivity contribution in [2.24, 2.45) is 10.2 Å². The van der Waals surface area contributed by atoms with Crippen molar-refractivity contribution < 1.29 is 4.79 Å². The van der Waals surface area contributed by atoms with E-state index in [-0.39, 0.29) is 11.2 Å². The highest BCUT2D eigenvalue weighted by Gasteiger charge is 2.37. The molecule has 5 nitrogen and oxygen atoms in total. The van der Waals surface area contributed by atoms with Crippen LogP contribution in [0.25, 0.3) is 0 Å². The number of rotatable bonds is 7. The van der Waals surface area contributed by atoms with Gasteiger partial charge in [-0.15, -0.1) is 5.10 Å². The Hall–Kier alpha value is -2.60. The fourth-order valence-electron chi connectivity index (χ4n) is 3.14. The highest BCUT2D eigenvalue weighted by Crippen LogP contribution is 2.32. The molecule has 0 aliphatic carbocycles. The Morgan fingerprint density at radius 1 is 1.14 bits per heavy atom. The van der Waals surface area contributed by atoms with E-state index in [1.54, 1.807) is 11.1 Å². The lowest BCUT2D eigenvalue weighted by atomic mass is 10.1. The Balaban J connectivity index is 1.79. The molecule has 0 N–H and O–H groups in total. The molecule has 2 aromatic carbocycles. The molecule has 0 bridgehead atoms. The molecule has 1 aliphatic heterocycles. The van der Waals surface area contributed by atoms with Gasteiger partial charge >= 0.3 is 0 Å². The topological polar surface area (TPSA) is 48.3 Å². The molecule has 0 unspecified atom stereocenters. The lowest BCUT2D eigenvalue weighted by Crippen LogP contribution is -2.31. The van der Waals surface area contributed by atoms with Gasteiger partial charge in [0.15, 0.2) is 5.17 Å². The van der Waals surface area contributed by atoms with Gasteiger partial charge < -0.3 is 4.90 Å². The predicted octanol–water partition coefficient (Wildman–Crippen LogP) is 4.70. The molecule has 0 aromatic heterocycles. The molecule has 1 fully saturated rings. The normalized spacial score (nSPS) is 18.2. The second-order valence-electron chi connectivity index (χ2n) is 7.36. The van der Waals surface area contributed by atoms with Crippen LogP contribution >= 0.6 is 11.8 Å². The quantitative estimate of drug-likeness (QED) is 0.493. The minimum Gasteiger partial charge on any atom is -0.378 e. The Kier molecular flexibility index (Phi) is 7.09. The molecule has 1 heterocycles. The number of benzene rings is 2. The number of anilines is 1. The van der Waals surface area contributed by atoms with Gasteiger partial charge in [0.25, 0.3) is 0 Å². The van der Waals surface area contributed by atoms with Gasteiger partial charge in [0.1, 0.15) is 0 Å². The number of amidine groups is 1. The predicted molar refractivity (Wildman–Crippen MR) is 124 cm³/mol. The maximum absolute atomic E-state index is 12.9. The number of hydrogen-bond donors (Lipinski definition) is 0. The largest absolute Gasteiger partial charge is 0.378 e. The Labute approximate surface area is 177 Å². The third-order valence-corrected chi connectivity index (χ3v) is 6.15. The average Bonchev–Trinajstić information content (AvgIpc) is 2.99. The first kappa shape index (κ1) is 21.1. The smallest absolute Gasteiger partial charge is 0.242 e. The number of carbonyl (C=O) groups excluding carboxylic acids is 1. The zero-order valence-electron chi connectivity index (χ0n) is 17.5. The van der Waals surface area contributed by atoms with Crippen LogP contribution in [0.2, 0.25) is 0 Å². The van der Waals surface area contributed by atoms with Crippen molar-refractivity contribution in [1.29, 1.82) is 0 Å². The van der Waals surface area contributed by atoms with Crippen LogP contribution < -0.4 is 4.90 Å². The first-order chi connectivity index (χ1) is 14.0. The van der Waals surface area contributed by atoms with Crippen molar-refractivity contribution in [3.63, 3.8) is 0 Å². The molecule has 1 atom stereocenters. The number of carbonyl (C=O) groups is 1.